The minimum absolute atomic E-state index is 0.0828. The highest BCUT2D eigenvalue weighted by molar-refractivity contribution is 7.80. The number of carbonyl (C=O) groups is 2. The Balaban J connectivity index is 2.42. The second kappa shape index (κ2) is 7.48. The van der Waals surface area contributed by atoms with Crippen molar-refractivity contribution in [1.29, 1.82) is 0 Å². The van der Waals surface area contributed by atoms with Gasteiger partial charge in [-0.05, 0) is 37.7 Å². The maximum Gasteiger partial charge on any atom is 0.269 e. The summed E-state index contributed by atoms with van der Waals surface area (Å²) < 4.78 is 0. The number of thiocarbonyl (C=S) groups is 1. The Morgan fingerprint density at radius 3 is 2.63 bits per heavy atom. The second-order valence-electron chi connectivity index (χ2n) is 4.08. The van der Waals surface area contributed by atoms with Gasteiger partial charge in [0.25, 0.3) is 5.91 Å². The van der Waals surface area contributed by atoms with Gasteiger partial charge in [-0.15, -0.1) is 0 Å². The molecule has 3 N–H and O–H groups in total. The number of rotatable bonds is 3. The molecule has 2 amide bonds. The Hall–Kier alpha value is -1.95. The number of amides is 2. The van der Waals surface area contributed by atoms with E-state index in [1.165, 1.54) is 0 Å². The zero-order valence-corrected chi connectivity index (χ0v) is 11.8. The summed E-state index contributed by atoms with van der Waals surface area (Å²) in [6, 6.07) is 7.16. The van der Waals surface area contributed by atoms with Gasteiger partial charge in [-0.2, -0.15) is 0 Å². The third kappa shape index (κ3) is 5.48. The molecule has 19 heavy (non-hydrogen) atoms. The quantitative estimate of drug-likeness (QED) is 0.578. The number of benzene rings is 1. The summed E-state index contributed by atoms with van der Waals surface area (Å²) in [5, 5.41) is 2.55. The first-order valence-corrected chi connectivity index (χ1v) is 6.40. The van der Waals surface area contributed by atoms with E-state index in [9.17, 15) is 9.59 Å². The van der Waals surface area contributed by atoms with Crippen LogP contribution in [0.2, 0.25) is 0 Å². The van der Waals surface area contributed by atoms with Crippen LogP contribution in [-0.4, -0.2) is 16.9 Å². The molecule has 0 saturated carbocycles. The standard InChI is InChI=1S/C13H17N3O2S/c1-3-5-11(17)14-13(19)16-15-12(18)10-7-4-6-9(2)8-10/h4,6-8H,3,5H2,1-2H3,(H,15,18)(H2,14,16,17,19). The van der Waals surface area contributed by atoms with E-state index in [0.29, 0.717) is 12.0 Å². The first-order chi connectivity index (χ1) is 9.02. The Morgan fingerprint density at radius 1 is 1.26 bits per heavy atom. The maximum atomic E-state index is 11.8. The van der Waals surface area contributed by atoms with E-state index < -0.39 is 0 Å². The number of hydrazine groups is 1. The summed E-state index contributed by atoms with van der Waals surface area (Å²) in [6.45, 7) is 3.80. The molecule has 0 aliphatic rings. The van der Waals surface area contributed by atoms with Crippen LogP contribution < -0.4 is 16.2 Å². The fraction of sp³-hybridized carbons (Fsp3) is 0.308. The summed E-state index contributed by atoms with van der Waals surface area (Å²) in [5.41, 5.74) is 6.43. The maximum absolute atomic E-state index is 11.8. The summed E-state index contributed by atoms with van der Waals surface area (Å²) >= 11 is 4.88. The molecule has 6 heteroatoms. The van der Waals surface area contributed by atoms with Crippen molar-refractivity contribution in [3.05, 3.63) is 35.4 Å². The average molecular weight is 279 g/mol. The van der Waals surface area contributed by atoms with Gasteiger partial charge in [0.1, 0.15) is 0 Å². The Labute approximate surface area is 117 Å². The third-order valence-electron chi connectivity index (χ3n) is 2.30. The van der Waals surface area contributed by atoms with Crippen molar-refractivity contribution in [2.45, 2.75) is 26.7 Å². The van der Waals surface area contributed by atoms with E-state index in [1.54, 1.807) is 18.2 Å². The number of aryl methyl sites for hydroxylation is 1. The zero-order valence-electron chi connectivity index (χ0n) is 10.9. The van der Waals surface area contributed by atoms with E-state index in [4.69, 9.17) is 12.2 Å². The van der Waals surface area contributed by atoms with Crippen LogP contribution >= 0.6 is 12.2 Å². The van der Waals surface area contributed by atoms with E-state index in [1.807, 2.05) is 19.9 Å². The molecular formula is C13H17N3O2S. The SMILES string of the molecule is CCCC(=O)NC(=S)NNC(=O)c1cccc(C)c1. The van der Waals surface area contributed by atoms with Gasteiger partial charge >= 0.3 is 0 Å². The van der Waals surface area contributed by atoms with Gasteiger partial charge in [0.2, 0.25) is 5.91 Å². The van der Waals surface area contributed by atoms with E-state index >= 15 is 0 Å². The monoisotopic (exact) mass is 279 g/mol. The molecule has 0 saturated heterocycles. The molecule has 0 radical (unpaired) electrons. The molecule has 1 aromatic carbocycles. The van der Waals surface area contributed by atoms with Gasteiger partial charge in [-0.1, -0.05) is 24.6 Å². The zero-order chi connectivity index (χ0) is 14.3. The molecule has 0 fully saturated rings. The Morgan fingerprint density at radius 2 is 2.00 bits per heavy atom. The molecule has 0 aromatic heterocycles. The molecule has 0 heterocycles. The fourth-order valence-electron chi connectivity index (χ4n) is 1.42. The summed E-state index contributed by atoms with van der Waals surface area (Å²) in [5.74, 6) is -0.486. The van der Waals surface area contributed by atoms with Gasteiger partial charge < -0.3 is 5.32 Å². The molecule has 0 aliphatic carbocycles. The summed E-state index contributed by atoms with van der Waals surface area (Å²) in [6.07, 6.45) is 1.14. The molecule has 0 unspecified atom stereocenters. The third-order valence-corrected chi connectivity index (χ3v) is 2.50. The van der Waals surface area contributed by atoms with Crippen LogP contribution in [-0.2, 0) is 4.79 Å². The number of hydrogen-bond donors (Lipinski definition) is 3. The highest BCUT2D eigenvalue weighted by atomic mass is 32.1. The van der Waals surface area contributed by atoms with Crippen molar-refractivity contribution < 1.29 is 9.59 Å². The van der Waals surface area contributed by atoms with Crippen LogP contribution in [0.1, 0.15) is 35.7 Å². The largest absolute Gasteiger partial charge is 0.302 e. The minimum Gasteiger partial charge on any atom is -0.302 e. The van der Waals surface area contributed by atoms with E-state index in [0.717, 1.165) is 12.0 Å². The lowest BCUT2D eigenvalue weighted by atomic mass is 10.1. The highest BCUT2D eigenvalue weighted by Crippen LogP contribution is 2.02. The lowest BCUT2D eigenvalue weighted by Crippen LogP contribution is -2.48. The van der Waals surface area contributed by atoms with Crippen LogP contribution in [0.5, 0.6) is 0 Å². The first kappa shape index (κ1) is 15.1. The van der Waals surface area contributed by atoms with Crippen molar-refractivity contribution in [2.24, 2.45) is 0 Å². The van der Waals surface area contributed by atoms with Crippen molar-refractivity contribution >= 4 is 29.1 Å². The Bertz CT molecular complexity index is 489. The Kier molecular flexibility index (Phi) is 5.95. The highest BCUT2D eigenvalue weighted by Gasteiger charge is 2.07. The molecule has 102 valence electrons. The van der Waals surface area contributed by atoms with Crippen molar-refractivity contribution in [1.82, 2.24) is 16.2 Å². The smallest absolute Gasteiger partial charge is 0.269 e. The van der Waals surface area contributed by atoms with Gasteiger partial charge in [-0.25, -0.2) is 0 Å². The molecule has 0 aliphatic heterocycles. The van der Waals surface area contributed by atoms with Crippen LogP contribution in [0.15, 0.2) is 24.3 Å². The van der Waals surface area contributed by atoms with Crippen molar-refractivity contribution in [3.8, 4) is 0 Å². The molecule has 1 aromatic rings. The number of hydrogen-bond acceptors (Lipinski definition) is 3. The lowest BCUT2D eigenvalue weighted by Gasteiger charge is -2.10. The van der Waals surface area contributed by atoms with Crippen LogP contribution in [0.3, 0.4) is 0 Å². The van der Waals surface area contributed by atoms with E-state index in [2.05, 4.69) is 16.2 Å². The predicted octanol–water partition coefficient (Wildman–Crippen LogP) is 1.43. The molecule has 0 spiro atoms. The predicted molar refractivity (Wildman–Crippen MR) is 77.4 cm³/mol. The summed E-state index contributed by atoms with van der Waals surface area (Å²) in [7, 11) is 0. The average Bonchev–Trinajstić information content (AvgIpc) is 2.36. The van der Waals surface area contributed by atoms with Crippen LogP contribution in [0.25, 0.3) is 0 Å². The van der Waals surface area contributed by atoms with Gasteiger partial charge in [0, 0.05) is 12.0 Å². The number of nitrogens with one attached hydrogen (secondary N) is 3. The topological polar surface area (TPSA) is 70.2 Å². The normalized spacial score (nSPS) is 9.58. The van der Waals surface area contributed by atoms with Crippen LogP contribution in [0, 0.1) is 6.92 Å². The van der Waals surface area contributed by atoms with E-state index in [-0.39, 0.29) is 16.9 Å². The lowest BCUT2D eigenvalue weighted by molar-refractivity contribution is -0.119. The molecule has 5 nitrogen and oxygen atoms in total. The van der Waals surface area contributed by atoms with Crippen LogP contribution in [0.4, 0.5) is 0 Å². The second-order valence-corrected chi connectivity index (χ2v) is 4.48. The summed E-state index contributed by atoms with van der Waals surface area (Å²) in [4.78, 5) is 23.0. The molecule has 1 rings (SSSR count). The van der Waals surface area contributed by atoms with Gasteiger partial charge in [0.15, 0.2) is 5.11 Å². The molecule has 0 atom stereocenters. The first-order valence-electron chi connectivity index (χ1n) is 5.99. The molecule has 0 bridgehead atoms. The minimum atomic E-state index is -0.309. The van der Waals surface area contributed by atoms with Gasteiger partial charge in [-0.3, -0.25) is 20.4 Å². The van der Waals surface area contributed by atoms with Crippen molar-refractivity contribution in [2.75, 3.05) is 0 Å². The number of carbonyl (C=O) groups excluding carboxylic acids is 2. The van der Waals surface area contributed by atoms with Gasteiger partial charge in [0.05, 0.1) is 0 Å². The van der Waals surface area contributed by atoms with Crippen molar-refractivity contribution in [3.63, 3.8) is 0 Å². The fourth-order valence-corrected chi connectivity index (χ4v) is 1.58. The molecular weight excluding hydrogens is 262 g/mol.